The van der Waals surface area contributed by atoms with Crippen LogP contribution >= 0.6 is 0 Å². The average molecular weight is 256 g/mol. The average Bonchev–Trinajstić information content (AvgIpc) is 2.36. The lowest BCUT2D eigenvalue weighted by atomic mass is 10.1. The molecule has 0 unspecified atom stereocenters. The van der Waals surface area contributed by atoms with Crippen molar-refractivity contribution >= 4 is 5.91 Å². The third kappa shape index (κ3) is 5.23. The first-order valence-corrected chi connectivity index (χ1v) is 5.98. The number of alkyl halides is 2. The summed E-state index contributed by atoms with van der Waals surface area (Å²) in [7, 11) is 0. The van der Waals surface area contributed by atoms with Gasteiger partial charge < -0.3 is 10.6 Å². The molecule has 0 spiro atoms. The fourth-order valence-corrected chi connectivity index (χ4v) is 1.49. The zero-order valence-electron chi connectivity index (χ0n) is 10.4. The molecule has 0 heterocycles. The van der Waals surface area contributed by atoms with Gasteiger partial charge in [0.1, 0.15) is 0 Å². The quantitative estimate of drug-likeness (QED) is 0.785. The number of amides is 1. The summed E-state index contributed by atoms with van der Waals surface area (Å²) < 4.78 is 24.9. The molecule has 18 heavy (non-hydrogen) atoms. The third-order valence-electron chi connectivity index (χ3n) is 2.39. The van der Waals surface area contributed by atoms with Crippen LogP contribution in [0.5, 0.6) is 0 Å². The van der Waals surface area contributed by atoms with E-state index in [-0.39, 0.29) is 18.0 Å². The Morgan fingerprint density at radius 3 is 2.83 bits per heavy atom. The minimum absolute atomic E-state index is 0.00438. The van der Waals surface area contributed by atoms with Gasteiger partial charge in [-0.05, 0) is 18.1 Å². The van der Waals surface area contributed by atoms with Crippen LogP contribution in [0.25, 0.3) is 0 Å². The molecule has 2 N–H and O–H groups in total. The van der Waals surface area contributed by atoms with E-state index in [2.05, 4.69) is 10.6 Å². The second-order valence-corrected chi connectivity index (χ2v) is 4.00. The third-order valence-corrected chi connectivity index (χ3v) is 2.39. The lowest BCUT2D eigenvalue weighted by molar-refractivity contribution is -0.120. The molecule has 0 radical (unpaired) electrons. The molecule has 0 fully saturated rings. The van der Waals surface area contributed by atoms with Crippen LogP contribution in [0, 0.1) is 0 Å². The summed E-state index contributed by atoms with van der Waals surface area (Å²) in [5.74, 6) is -0.0816. The van der Waals surface area contributed by atoms with Crippen LogP contribution < -0.4 is 10.6 Å². The van der Waals surface area contributed by atoms with Crippen molar-refractivity contribution in [3.05, 3.63) is 35.4 Å². The van der Waals surface area contributed by atoms with Gasteiger partial charge in [-0.3, -0.25) is 4.79 Å². The second kappa shape index (κ2) is 7.76. The van der Waals surface area contributed by atoms with Crippen molar-refractivity contribution in [1.82, 2.24) is 10.6 Å². The number of rotatable bonds is 7. The molecule has 0 bridgehead atoms. The molecular weight excluding hydrogens is 238 g/mol. The van der Waals surface area contributed by atoms with Gasteiger partial charge in [-0.1, -0.05) is 25.1 Å². The summed E-state index contributed by atoms with van der Waals surface area (Å²) >= 11 is 0. The molecule has 100 valence electrons. The highest BCUT2D eigenvalue weighted by molar-refractivity contribution is 5.77. The maximum absolute atomic E-state index is 12.5. The smallest absolute Gasteiger partial charge is 0.263 e. The van der Waals surface area contributed by atoms with Gasteiger partial charge in [-0.15, -0.1) is 0 Å². The van der Waals surface area contributed by atoms with Gasteiger partial charge in [-0.25, -0.2) is 8.78 Å². The predicted octanol–water partition coefficient (Wildman–Crippen LogP) is 2.24. The maximum Gasteiger partial charge on any atom is 0.263 e. The summed E-state index contributed by atoms with van der Waals surface area (Å²) in [5.41, 5.74) is 0.751. The highest BCUT2D eigenvalue weighted by Crippen LogP contribution is 2.19. The Balaban J connectivity index is 2.35. The molecule has 1 aromatic rings. The van der Waals surface area contributed by atoms with E-state index in [0.717, 1.165) is 12.0 Å². The number of carbonyl (C=O) groups excluding carboxylic acids is 1. The van der Waals surface area contributed by atoms with Crippen molar-refractivity contribution in [1.29, 1.82) is 0 Å². The van der Waals surface area contributed by atoms with Gasteiger partial charge in [0.2, 0.25) is 5.91 Å². The van der Waals surface area contributed by atoms with Crippen molar-refractivity contribution in [2.75, 3.05) is 13.1 Å². The first-order chi connectivity index (χ1) is 8.63. The molecule has 0 aliphatic rings. The minimum atomic E-state index is -2.46. The van der Waals surface area contributed by atoms with Gasteiger partial charge in [0.25, 0.3) is 6.43 Å². The summed E-state index contributed by atoms with van der Waals surface area (Å²) in [6.07, 6.45) is -1.57. The van der Waals surface area contributed by atoms with E-state index >= 15 is 0 Å². The van der Waals surface area contributed by atoms with Crippen molar-refractivity contribution < 1.29 is 13.6 Å². The van der Waals surface area contributed by atoms with E-state index in [1.807, 2.05) is 6.92 Å². The molecular formula is C13H18F2N2O. The Labute approximate surface area is 106 Å². The Bertz CT molecular complexity index is 383. The maximum atomic E-state index is 12.5. The van der Waals surface area contributed by atoms with Crippen molar-refractivity contribution in [2.45, 2.75) is 26.3 Å². The van der Waals surface area contributed by atoms with Gasteiger partial charge in [-0.2, -0.15) is 0 Å². The van der Waals surface area contributed by atoms with E-state index in [4.69, 9.17) is 0 Å². The Kier molecular flexibility index (Phi) is 6.28. The zero-order chi connectivity index (χ0) is 13.4. The van der Waals surface area contributed by atoms with Crippen molar-refractivity contribution in [3.8, 4) is 0 Å². The number of halogens is 2. The number of benzene rings is 1. The molecule has 0 aliphatic heterocycles. The standard InChI is InChI=1S/C13H18F2N2O/c1-2-6-17-12(18)9-16-8-10-4-3-5-11(7-10)13(14)15/h3-5,7,13,16H,2,6,8-9H2,1H3,(H,17,18). The van der Waals surface area contributed by atoms with E-state index < -0.39 is 6.43 Å². The molecule has 0 aliphatic carbocycles. The fraction of sp³-hybridized carbons (Fsp3) is 0.462. The summed E-state index contributed by atoms with van der Waals surface area (Å²) in [4.78, 5) is 11.3. The van der Waals surface area contributed by atoms with Crippen LogP contribution in [0.3, 0.4) is 0 Å². The molecule has 1 amide bonds. The number of nitrogens with one attached hydrogen (secondary N) is 2. The topological polar surface area (TPSA) is 41.1 Å². The monoisotopic (exact) mass is 256 g/mol. The SMILES string of the molecule is CCCNC(=O)CNCc1cccc(C(F)F)c1. The molecule has 1 rings (SSSR count). The van der Waals surface area contributed by atoms with Crippen LogP contribution in [0.2, 0.25) is 0 Å². The van der Waals surface area contributed by atoms with Gasteiger partial charge >= 0.3 is 0 Å². The van der Waals surface area contributed by atoms with Crippen LogP contribution in [0.15, 0.2) is 24.3 Å². The lowest BCUT2D eigenvalue weighted by Crippen LogP contribution is -2.33. The molecule has 3 nitrogen and oxygen atoms in total. The van der Waals surface area contributed by atoms with Crippen molar-refractivity contribution in [2.24, 2.45) is 0 Å². The van der Waals surface area contributed by atoms with Crippen LogP contribution in [0.1, 0.15) is 30.9 Å². The molecule has 1 aromatic carbocycles. The van der Waals surface area contributed by atoms with E-state index in [0.29, 0.717) is 13.1 Å². The molecule has 0 aromatic heterocycles. The molecule has 5 heteroatoms. The fourth-order valence-electron chi connectivity index (χ4n) is 1.49. The van der Waals surface area contributed by atoms with E-state index in [1.165, 1.54) is 12.1 Å². The van der Waals surface area contributed by atoms with Crippen LogP contribution in [0.4, 0.5) is 8.78 Å². The first kappa shape index (κ1) is 14.6. The van der Waals surface area contributed by atoms with Gasteiger partial charge in [0, 0.05) is 18.7 Å². The Hall–Kier alpha value is -1.49. The molecule has 0 saturated heterocycles. The highest BCUT2D eigenvalue weighted by Gasteiger charge is 2.07. The lowest BCUT2D eigenvalue weighted by Gasteiger charge is -2.07. The summed E-state index contributed by atoms with van der Waals surface area (Å²) in [6.45, 7) is 3.23. The van der Waals surface area contributed by atoms with E-state index in [1.54, 1.807) is 12.1 Å². The number of hydrogen-bond acceptors (Lipinski definition) is 2. The van der Waals surface area contributed by atoms with E-state index in [9.17, 15) is 13.6 Å². The van der Waals surface area contributed by atoms with Gasteiger partial charge in [0.15, 0.2) is 0 Å². The molecule has 0 saturated carbocycles. The Morgan fingerprint density at radius 2 is 2.17 bits per heavy atom. The van der Waals surface area contributed by atoms with Crippen molar-refractivity contribution in [3.63, 3.8) is 0 Å². The highest BCUT2D eigenvalue weighted by atomic mass is 19.3. The van der Waals surface area contributed by atoms with Crippen LogP contribution in [-0.4, -0.2) is 19.0 Å². The summed E-state index contributed by atoms with van der Waals surface area (Å²) in [6, 6.07) is 6.18. The number of hydrogen-bond donors (Lipinski definition) is 2. The minimum Gasteiger partial charge on any atom is -0.355 e. The zero-order valence-corrected chi connectivity index (χ0v) is 10.4. The Morgan fingerprint density at radius 1 is 1.39 bits per heavy atom. The molecule has 0 atom stereocenters. The largest absolute Gasteiger partial charge is 0.355 e. The normalized spacial score (nSPS) is 10.7. The first-order valence-electron chi connectivity index (χ1n) is 5.98. The van der Waals surface area contributed by atoms with Crippen LogP contribution in [-0.2, 0) is 11.3 Å². The predicted molar refractivity (Wildman–Crippen MR) is 66.4 cm³/mol. The number of carbonyl (C=O) groups is 1. The second-order valence-electron chi connectivity index (χ2n) is 4.00. The summed E-state index contributed by atoms with van der Waals surface area (Å²) in [5, 5.41) is 5.65. The van der Waals surface area contributed by atoms with Gasteiger partial charge in [0.05, 0.1) is 6.54 Å².